The van der Waals surface area contributed by atoms with Crippen molar-refractivity contribution in [2.75, 3.05) is 19.6 Å². The van der Waals surface area contributed by atoms with Gasteiger partial charge in [0.05, 0.1) is 0 Å². The van der Waals surface area contributed by atoms with Gasteiger partial charge in [0, 0.05) is 35.5 Å². The second kappa shape index (κ2) is 7.79. The van der Waals surface area contributed by atoms with Crippen LogP contribution in [0.25, 0.3) is 0 Å². The highest BCUT2D eigenvalue weighted by Gasteiger charge is 2.30. The second-order valence-corrected chi connectivity index (χ2v) is 8.39. The van der Waals surface area contributed by atoms with E-state index in [2.05, 4.69) is 11.3 Å². The van der Waals surface area contributed by atoms with E-state index >= 15 is 0 Å². The molecule has 25 heavy (non-hydrogen) atoms. The summed E-state index contributed by atoms with van der Waals surface area (Å²) in [6.07, 6.45) is 0.646. The first-order chi connectivity index (χ1) is 11.6. The van der Waals surface area contributed by atoms with Crippen molar-refractivity contribution < 1.29 is 26.4 Å². The van der Waals surface area contributed by atoms with E-state index in [1.807, 2.05) is 0 Å². The normalized spacial score (nSPS) is 18.4. The van der Waals surface area contributed by atoms with Gasteiger partial charge in [-0.15, -0.1) is 0 Å². The van der Waals surface area contributed by atoms with Gasteiger partial charge in [0.2, 0.25) is 10.0 Å². The number of nitrogens with zero attached hydrogens (tertiary/aromatic N) is 1. The molecule has 138 valence electrons. The lowest BCUT2D eigenvalue weighted by atomic mass is 10.1. The van der Waals surface area contributed by atoms with Gasteiger partial charge in [-0.05, 0) is 48.4 Å². The average molecular weight is 394 g/mol. The predicted octanol–water partition coefficient (Wildman–Crippen LogP) is 2.82. The highest BCUT2D eigenvalue weighted by atomic mass is 32.2. The zero-order valence-electron chi connectivity index (χ0n) is 13.1. The minimum atomic E-state index is -4.37. The molecule has 0 saturated carbocycles. The molecule has 10 heteroatoms. The number of thioether (sulfide) groups is 1. The summed E-state index contributed by atoms with van der Waals surface area (Å²) in [7, 11) is -3.50. The Labute approximate surface area is 148 Å². The molecule has 1 atom stereocenters. The molecule has 1 heterocycles. The third-order valence-corrected chi connectivity index (χ3v) is 5.45. The van der Waals surface area contributed by atoms with Crippen molar-refractivity contribution in [1.29, 1.82) is 0 Å². The van der Waals surface area contributed by atoms with Crippen LogP contribution in [0.2, 0.25) is 0 Å². The molecule has 1 saturated heterocycles. The van der Waals surface area contributed by atoms with E-state index in [0.29, 0.717) is 25.1 Å². The zero-order valence-corrected chi connectivity index (χ0v) is 14.8. The van der Waals surface area contributed by atoms with Gasteiger partial charge in [-0.2, -0.15) is 13.2 Å². The number of benzene rings is 1. The Morgan fingerprint density at radius 3 is 2.56 bits per heavy atom. The molecule has 0 bridgehead atoms. The lowest BCUT2D eigenvalue weighted by molar-refractivity contribution is -0.0328. The van der Waals surface area contributed by atoms with Crippen LogP contribution >= 0.6 is 11.8 Å². The number of nitrogens with one attached hydrogen (secondary N) is 1. The van der Waals surface area contributed by atoms with Crippen LogP contribution in [0, 0.1) is 5.92 Å². The Kier molecular flexibility index (Phi) is 6.17. The Morgan fingerprint density at radius 2 is 2.00 bits per heavy atom. The van der Waals surface area contributed by atoms with Gasteiger partial charge < -0.3 is 4.90 Å². The van der Waals surface area contributed by atoms with E-state index in [4.69, 9.17) is 0 Å². The molecular formula is C15H17F3N2O3S2. The summed E-state index contributed by atoms with van der Waals surface area (Å²) >= 11 is -0.233. The largest absolute Gasteiger partial charge is 0.446 e. The van der Waals surface area contributed by atoms with Crippen molar-refractivity contribution >= 4 is 27.7 Å². The molecule has 1 aliphatic heterocycles. The number of alkyl halides is 3. The fourth-order valence-corrected chi connectivity index (χ4v) is 3.58. The van der Waals surface area contributed by atoms with Gasteiger partial charge in [-0.25, -0.2) is 13.1 Å². The molecule has 1 aromatic rings. The summed E-state index contributed by atoms with van der Waals surface area (Å²) < 4.78 is 62.0. The molecule has 0 spiro atoms. The van der Waals surface area contributed by atoms with Crippen molar-refractivity contribution in [1.82, 2.24) is 9.62 Å². The van der Waals surface area contributed by atoms with Crippen molar-refractivity contribution in [3.05, 3.63) is 41.8 Å². The maximum atomic E-state index is 12.4. The summed E-state index contributed by atoms with van der Waals surface area (Å²) in [6.45, 7) is 4.27. The monoisotopic (exact) mass is 394 g/mol. The number of sulfonamides is 1. The topological polar surface area (TPSA) is 66.5 Å². The smallest absolute Gasteiger partial charge is 0.338 e. The van der Waals surface area contributed by atoms with Crippen LogP contribution in [0.15, 0.2) is 41.1 Å². The Bertz CT molecular complexity index is 733. The Hall–Kier alpha value is -1.52. The highest BCUT2D eigenvalue weighted by molar-refractivity contribution is 8.00. The maximum Gasteiger partial charge on any atom is 0.446 e. The van der Waals surface area contributed by atoms with Crippen LogP contribution in [0.1, 0.15) is 16.8 Å². The first-order valence-corrected chi connectivity index (χ1v) is 9.73. The number of rotatable bonds is 6. The maximum absolute atomic E-state index is 12.4. The fourth-order valence-electron chi connectivity index (χ4n) is 2.46. The van der Waals surface area contributed by atoms with Crippen molar-refractivity contribution in [2.24, 2.45) is 5.92 Å². The molecule has 1 unspecified atom stereocenters. The predicted molar refractivity (Wildman–Crippen MR) is 89.5 cm³/mol. The Balaban J connectivity index is 1.92. The number of halogens is 3. The number of carbonyl (C=O) groups is 1. The molecule has 0 aromatic heterocycles. The molecule has 5 nitrogen and oxygen atoms in total. The number of carbonyl (C=O) groups excluding carboxylic acids is 1. The molecule has 1 fully saturated rings. The van der Waals surface area contributed by atoms with Crippen LogP contribution in [0.5, 0.6) is 0 Å². The average Bonchev–Trinajstić information content (AvgIpc) is 3.01. The van der Waals surface area contributed by atoms with Crippen molar-refractivity contribution in [3.63, 3.8) is 0 Å². The molecular weight excluding hydrogens is 377 g/mol. The van der Waals surface area contributed by atoms with Crippen LogP contribution in [-0.4, -0.2) is 44.4 Å². The number of hydrogen-bond acceptors (Lipinski definition) is 4. The fraction of sp³-hybridized carbons (Fsp3) is 0.400. The lowest BCUT2D eigenvalue weighted by Crippen LogP contribution is -2.32. The zero-order chi connectivity index (χ0) is 18.7. The summed E-state index contributed by atoms with van der Waals surface area (Å²) in [5.41, 5.74) is -4.06. The molecule has 1 N–H and O–H groups in total. The van der Waals surface area contributed by atoms with Gasteiger partial charge >= 0.3 is 5.51 Å². The molecule has 0 aliphatic carbocycles. The van der Waals surface area contributed by atoms with E-state index in [1.165, 1.54) is 24.3 Å². The van der Waals surface area contributed by atoms with Crippen LogP contribution < -0.4 is 4.72 Å². The van der Waals surface area contributed by atoms with E-state index in [9.17, 15) is 26.4 Å². The van der Waals surface area contributed by atoms with Crippen molar-refractivity contribution in [2.45, 2.75) is 16.8 Å². The van der Waals surface area contributed by atoms with Gasteiger partial charge in [-0.3, -0.25) is 4.79 Å². The van der Waals surface area contributed by atoms with Crippen LogP contribution in [0.4, 0.5) is 13.2 Å². The lowest BCUT2D eigenvalue weighted by Gasteiger charge is -2.17. The molecule has 1 amide bonds. The second-order valence-electron chi connectivity index (χ2n) is 5.54. The minimum absolute atomic E-state index is 0.0151. The van der Waals surface area contributed by atoms with Crippen molar-refractivity contribution in [3.8, 4) is 0 Å². The van der Waals surface area contributed by atoms with Gasteiger partial charge in [-0.1, -0.05) is 6.58 Å². The molecule has 1 aromatic carbocycles. The minimum Gasteiger partial charge on any atom is -0.338 e. The SMILES string of the molecule is C=CS(=O)(=O)NCC1CCN(C(=O)c2ccc(SC(F)(F)F)cc2)C1. The third-order valence-electron chi connectivity index (χ3n) is 3.70. The number of amides is 1. The standard InChI is InChI=1S/C15H17F3N2O3S2/c1-2-25(22,23)19-9-11-7-8-20(10-11)14(21)12-3-5-13(6-4-12)24-15(16,17)18/h2-6,11,19H,1,7-10H2. The third kappa shape index (κ3) is 6.05. The van der Waals surface area contributed by atoms with E-state index in [-0.39, 0.29) is 35.0 Å². The number of hydrogen-bond donors (Lipinski definition) is 1. The van der Waals surface area contributed by atoms with Crippen LogP contribution in [-0.2, 0) is 10.0 Å². The summed E-state index contributed by atoms with van der Waals surface area (Å²) in [4.78, 5) is 14.0. The summed E-state index contributed by atoms with van der Waals surface area (Å²) in [5.74, 6) is -0.295. The van der Waals surface area contributed by atoms with E-state index in [1.54, 1.807) is 4.90 Å². The summed E-state index contributed by atoms with van der Waals surface area (Å²) in [6, 6.07) is 5.25. The first-order valence-electron chi connectivity index (χ1n) is 7.37. The van der Waals surface area contributed by atoms with Gasteiger partial charge in [0.25, 0.3) is 5.91 Å². The quantitative estimate of drug-likeness (QED) is 0.754. The summed E-state index contributed by atoms with van der Waals surface area (Å²) in [5, 5.41) is 0.825. The van der Waals surface area contributed by atoms with Gasteiger partial charge in [0.15, 0.2) is 0 Å². The molecule has 2 rings (SSSR count). The van der Waals surface area contributed by atoms with E-state index < -0.39 is 15.5 Å². The first kappa shape index (κ1) is 19.8. The van der Waals surface area contributed by atoms with Crippen LogP contribution in [0.3, 0.4) is 0 Å². The number of likely N-dealkylation sites (tertiary alicyclic amines) is 1. The van der Waals surface area contributed by atoms with Gasteiger partial charge in [0.1, 0.15) is 0 Å². The molecule has 0 radical (unpaired) electrons. The van der Waals surface area contributed by atoms with E-state index in [0.717, 1.165) is 5.41 Å². The highest BCUT2D eigenvalue weighted by Crippen LogP contribution is 2.36. The Morgan fingerprint density at radius 1 is 1.36 bits per heavy atom. The molecule has 1 aliphatic rings.